The second-order valence-corrected chi connectivity index (χ2v) is 4.30. The van der Waals surface area contributed by atoms with Crippen molar-refractivity contribution in [3.63, 3.8) is 0 Å². The minimum absolute atomic E-state index is 0. The molecule has 96 valence electrons. The van der Waals surface area contributed by atoms with Gasteiger partial charge in [-0.25, -0.2) is 0 Å². The summed E-state index contributed by atoms with van der Waals surface area (Å²) in [6.07, 6.45) is 2.18. The maximum Gasteiger partial charge on any atom is 0.00898 e. The molecule has 0 bridgehead atoms. The van der Waals surface area contributed by atoms with E-state index in [-0.39, 0.29) is 17.0 Å². The van der Waals surface area contributed by atoms with E-state index in [9.17, 15) is 0 Å². The summed E-state index contributed by atoms with van der Waals surface area (Å²) >= 11 is 0. The SMILES string of the molecule is Br.NCCCC(c1ccccc1)c1ccccc1. The van der Waals surface area contributed by atoms with E-state index >= 15 is 0 Å². The molecule has 0 unspecified atom stereocenters. The van der Waals surface area contributed by atoms with E-state index in [0.717, 1.165) is 19.4 Å². The van der Waals surface area contributed by atoms with Crippen LogP contribution in [0.5, 0.6) is 0 Å². The molecule has 0 atom stereocenters. The Morgan fingerprint density at radius 2 is 1.22 bits per heavy atom. The maximum absolute atomic E-state index is 5.63. The quantitative estimate of drug-likeness (QED) is 0.883. The maximum atomic E-state index is 5.63. The predicted octanol–water partition coefficient (Wildman–Crippen LogP) is 4.14. The molecule has 0 fully saturated rings. The topological polar surface area (TPSA) is 26.0 Å². The average molecular weight is 306 g/mol. The number of hydrogen-bond acceptors (Lipinski definition) is 1. The van der Waals surface area contributed by atoms with Crippen LogP contribution in [0.15, 0.2) is 60.7 Å². The van der Waals surface area contributed by atoms with Gasteiger partial charge in [-0.1, -0.05) is 60.7 Å². The van der Waals surface area contributed by atoms with E-state index in [4.69, 9.17) is 5.73 Å². The van der Waals surface area contributed by atoms with Crippen LogP contribution in [-0.4, -0.2) is 6.54 Å². The number of halogens is 1. The van der Waals surface area contributed by atoms with Crippen molar-refractivity contribution in [1.29, 1.82) is 0 Å². The normalized spacial score (nSPS) is 10.1. The lowest BCUT2D eigenvalue weighted by molar-refractivity contribution is 0.669. The number of hydrogen-bond donors (Lipinski definition) is 1. The Bertz CT molecular complexity index is 388. The summed E-state index contributed by atoms with van der Waals surface area (Å²) in [5.74, 6) is 0.473. The smallest absolute Gasteiger partial charge is 0.00898 e. The Hall–Kier alpha value is -1.12. The molecule has 0 saturated carbocycles. The molecule has 1 nitrogen and oxygen atoms in total. The van der Waals surface area contributed by atoms with Gasteiger partial charge in [-0.2, -0.15) is 0 Å². The van der Waals surface area contributed by atoms with E-state index in [2.05, 4.69) is 60.7 Å². The molecule has 0 aromatic heterocycles. The summed E-state index contributed by atoms with van der Waals surface area (Å²) in [5.41, 5.74) is 8.40. The second kappa shape index (κ2) is 8.06. The molecule has 18 heavy (non-hydrogen) atoms. The van der Waals surface area contributed by atoms with E-state index in [0.29, 0.717) is 5.92 Å². The van der Waals surface area contributed by atoms with Crippen molar-refractivity contribution >= 4 is 17.0 Å². The Morgan fingerprint density at radius 1 is 0.778 bits per heavy atom. The third-order valence-corrected chi connectivity index (χ3v) is 3.10. The fourth-order valence-electron chi connectivity index (χ4n) is 2.22. The van der Waals surface area contributed by atoms with E-state index in [1.165, 1.54) is 11.1 Å². The van der Waals surface area contributed by atoms with Crippen LogP contribution in [0, 0.1) is 0 Å². The molecule has 2 aromatic rings. The highest BCUT2D eigenvalue weighted by Gasteiger charge is 2.12. The van der Waals surface area contributed by atoms with Gasteiger partial charge in [-0.3, -0.25) is 0 Å². The van der Waals surface area contributed by atoms with Gasteiger partial charge >= 0.3 is 0 Å². The second-order valence-electron chi connectivity index (χ2n) is 4.30. The Kier molecular flexibility index (Phi) is 6.69. The molecule has 0 radical (unpaired) electrons. The Labute approximate surface area is 120 Å². The van der Waals surface area contributed by atoms with Crippen molar-refractivity contribution in [2.24, 2.45) is 5.73 Å². The highest BCUT2D eigenvalue weighted by Crippen LogP contribution is 2.28. The van der Waals surface area contributed by atoms with Crippen molar-refractivity contribution in [2.75, 3.05) is 6.54 Å². The lowest BCUT2D eigenvalue weighted by Crippen LogP contribution is -2.05. The average Bonchev–Trinajstić information content (AvgIpc) is 2.42. The van der Waals surface area contributed by atoms with Crippen molar-refractivity contribution < 1.29 is 0 Å². The first-order valence-corrected chi connectivity index (χ1v) is 6.22. The van der Waals surface area contributed by atoms with Gasteiger partial charge in [0.15, 0.2) is 0 Å². The van der Waals surface area contributed by atoms with Crippen LogP contribution in [0.4, 0.5) is 0 Å². The third kappa shape index (κ3) is 3.97. The first kappa shape index (κ1) is 14.9. The highest BCUT2D eigenvalue weighted by atomic mass is 79.9. The fraction of sp³-hybridized carbons (Fsp3) is 0.250. The zero-order valence-electron chi connectivity index (χ0n) is 10.5. The zero-order chi connectivity index (χ0) is 11.9. The van der Waals surface area contributed by atoms with Crippen molar-refractivity contribution in [3.05, 3.63) is 71.8 Å². The van der Waals surface area contributed by atoms with Crippen LogP contribution in [0.25, 0.3) is 0 Å². The molecule has 0 aliphatic rings. The van der Waals surface area contributed by atoms with Crippen LogP contribution in [0.3, 0.4) is 0 Å². The summed E-state index contributed by atoms with van der Waals surface area (Å²) in [6.45, 7) is 0.760. The number of benzene rings is 2. The molecular weight excluding hydrogens is 286 g/mol. The van der Waals surface area contributed by atoms with Crippen molar-refractivity contribution in [3.8, 4) is 0 Å². The minimum Gasteiger partial charge on any atom is -0.330 e. The standard InChI is InChI=1S/C16H19N.BrH/c17-13-7-12-16(14-8-3-1-4-9-14)15-10-5-2-6-11-15;/h1-6,8-11,16H,7,12-13,17H2;1H. The van der Waals surface area contributed by atoms with Gasteiger partial charge in [0.1, 0.15) is 0 Å². The molecule has 0 heterocycles. The van der Waals surface area contributed by atoms with Crippen molar-refractivity contribution in [1.82, 2.24) is 0 Å². The molecule has 0 saturated heterocycles. The van der Waals surface area contributed by atoms with Crippen LogP contribution in [0.1, 0.15) is 29.9 Å². The van der Waals surface area contributed by atoms with Crippen LogP contribution >= 0.6 is 17.0 Å². The summed E-state index contributed by atoms with van der Waals surface area (Å²) < 4.78 is 0. The first-order chi connectivity index (χ1) is 8.42. The van der Waals surface area contributed by atoms with Gasteiger partial charge in [0.05, 0.1) is 0 Å². The lowest BCUT2D eigenvalue weighted by atomic mass is 9.87. The largest absolute Gasteiger partial charge is 0.330 e. The van der Waals surface area contributed by atoms with Crippen LogP contribution in [-0.2, 0) is 0 Å². The van der Waals surface area contributed by atoms with E-state index in [1.807, 2.05) is 0 Å². The van der Waals surface area contributed by atoms with E-state index in [1.54, 1.807) is 0 Å². The molecule has 0 amide bonds. The molecule has 0 aliphatic heterocycles. The van der Waals surface area contributed by atoms with Crippen molar-refractivity contribution in [2.45, 2.75) is 18.8 Å². The van der Waals surface area contributed by atoms with Gasteiger partial charge in [0, 0.05) is 5.92 Å². The molecular formula is C16H20BrN. The van der Waals surface area contributed by atoms with Gasteiger partial charge in [0.25, 0.3) is 0 Å². The lowest BCUT2D eigenvalue weighted by Gasteiger charge is -2.17. The molecule has 2 N–H and O–H groups in total. The molecule has 0 spiro atoms. The van der Waals surface area contributed by atoms with Gasteiger partial charge in [-0.05, 0) is 30.5 Å². The van der Waals surface area contributed by atoms with Crippen LogP contribution in [0.2, 0.25) is 0 Å². The first-order valence-electron chi connectivity index (χ1n) is 6.22. The van der Waals surface area contributed by atoms with Crippen LogP contribution < -0.4 is 5.73 Å². The summed E-state index contributed by atoms with van der Waals surface area (Å²) in [6, 6.07) is 21.4. The molecule has 2 aromatic carbocycles. The number of nitrogens with two attached hydrogens (primary N) is 1. The Balaban J connectivity index is 0.00000162. The summed E-state index contributed by atoms with van der Waals surface area (Å²) in [5, 5.41) is 0. The minimum atomic E-state index is 0. The highest BCUT2D eigenvalue weighted by molar-refractivity contribution is 8.93. The van der Waals surface area contributed by atoms with E-state index < -0.39 is 0 Å². The predicted molar refractivity (Wildman–Crippen MR) is 83.3 cm³/mol. The molecule has 2 heteroatoms. The number of rotatable bonds is 5. The fourth-order valence-corrected chi connectivity index (χ4v) is 2.22. The van der Waals surface area contributed by atoms with Gasteiger partial charge in [-0.15, -0.1) is 17.0 Å². The molecule has 0 aliphatic carbocycles. The van der Waals surface area contributed by atoms with Gasteiger partial charge in [0.2, 0.25) is 0 Å². The third-order valence-electron chi connectivity index (χ3n) is 3.10. The zero-order valence-corrected chi connectivity index (χ0v) is 12.2. The summed E-state index contributed by atoms with van der Waals surface area (Å²) in [4.78, 5) is 0. The summed E-state index contributed by atoms with van der Waals surface area (Å²) in [7, 11) is 0. The molecule has 2 rings (SSSR count). The Morgan fingerprint density at radius 3 is 1.61 bits per heavy atom. The van der Waals surface area contributed by atoms with Gasteiger partial charge < -0.3 is 5.73 Å². The monoisotopic (exact) mass is 305 g/mol.